The maximum absolute atomic E-state index is 11.8. The highest BCUT2D eigenvalue weighted by Crippen LogP contribution is 2.11. The van der Waals surface area contributed by atoms with E-state index in [4.69, 9.17) is 5.73 Å². The van der Waals surface area contributed by atoms with Gasteiger partial charge in [0.1, 0.15) is 5.82 Å². The van der Waals surface area contributed by atoms with Crippen molar-refractivity contribution >= 4 is 23.5 Å². The van der Waals surface area contributed by atoms with Gasteiger partial charge in [-0.1, -0.05) is 44.4 Å². The Morgan fingerprint density at radius 1 is 1.48 bits per heavy atom. The number of H-pyrrole nitrogens is 1. The van der Waals surface area contributed by atoms with E-state index in [0.717, 1.165) is 12.8 Å². The fraction of sp³-hybridized carbons (Fsp3) is 0.643. The van der Waals surface area contributed by atoms with Gasteiger partial charge in [-0.15, -0.1) is 0 Å². The molecular formula is C14H24N4O2S. The number of amides is 1. The average molecular weight is 312 g/mol. The first-order chi connectivity index (χ1) is 10.0. The molecule has 1 rings (SSSR count). The van der Waals surface area contributed by atoms with Gasteiger partial charge in [-0.05, 0) is 13.3 Å². The molecular weight excluding hydrogens is 288 g/mol. The summed E-state index contributed by atoms with van der Waals surface area (Å²) in [6.07, 6.45) is 5.78. The van der Waals surface area contributed by atoms with Crippen molar-refractivity contribution in [3.05, 3.63) is 16.4 Å². The van der Waals surface area contributed by atoms with Crippen LogP contribution in [0.25, 0.3) is 0 Å². The molecule has 4 N–H and O–H groups in total. The van der Waals surface area contributed by atoms with Crippen molar-refractivity contribution in [1.82, 2.24) is 15.3 Å². The van der Waals surface area contributed by atoms with Gasteiger partial charge in [-0.3, -0.25) is 9.59 Å². The highest BCUT2D eigenvalue weighted by Gasteiger charge is 2.09. The maximum atomic E-state index is 11.8. The second-order valence-electron chi connectivity index (χ2n) is 5.08. The molecule has 0 aliphatic heterocycles. The third kappa shape index (κ3) is 7.75. The van der Waals surface area contributed by atoms with E-state index < -0.39 is 0 Å². The normalized spacial score (nSPS) is 12.1. The van der Waals surface area contributed by atoms with Crippen LogP contribution in [0.15, 0.2) is 16.0 Å². The van der Waals surface area contributed by atoms with E-state index in [0.29, 0.717) is 5.16 Å². The van der Waals surface area contributed by atoms with Crippen LogP contribution < -0.4 is 16.6 Å². The number of nitrogens with one attached hydrogen (secondary N) is 2. The number of aromatic nitrogens is 2. The van der Waals surface area contributed by atoms with Crippen LogP contribution in [0.4, 0.5) is 5.82 Å². The lowest BCUT2D eigenvalue weighted by Crippen LogP contribution is -2.33. The number of carbonyl (C=O) groups is 1. The van der Waals surface area contributed by atoms with Crippen molar-refractivity contribution in [3.63, 3.8) is 0 Å². The highest BCUT2D eigenvalue weighted by molar-refractivity contribution is 7.99. The lowest BCUT2D eigenvalue weighted by Gasteiger charge is -2.13. The molecule has 0 bridgehead atoms. The summed E-state index contributed by atoms with van der Waals surface area (Å²) >= 11 is 1.17. The van der Waals surface area contributed by atoms with Gasteiger partial charge >= 0.3 is 0 Å². The average Bonchev–Trinajstić information content (AvgIpc) is 2.40. The number of nitrogens with two attached hydrogens (primary N) is 1. The topological polar surface area (TPSA) is 101 Å². The zero-order chi connectivity index (χ0) is 15.7. The Morgan fingerprint density at radius 2 is 2.24 bits per heavy atom. The second kappa shape index (κ2) is 9.44. The van der Waals surface area contributed by atoms with Crippen LogP contribution >= 0.6 is 11.8 Å². The van der Waals surface area contributed by atoms with Crippen molar-refractivity contribution in [2.75, 3.05) is 11.5 Å². The summed E-state index contributed by atoms with van der Waals surface area (Å²) in [7, 11) is 0. The summed E-state index contributed by atoms with van der Waals surface area (Å²) in [6, 6.07) is 1.38. The molecule has 1 aromatic rings. The summed E-state index contributed by atoms with van der Waals surface area (Å²) < 4.78 is 0. The van der Waals surface area contributed by atoms with Crippen molar-refractivity contribution < 1.29 is 4.79 Å². The van der Waals surface area contributed by atoms with Crippen LogP contribution in [0.3, 0.4) is 0 Å². The van der Waals surface area contributed by atoms with E-state index in [9.17, 15) is 9.59 Å². The molecule has 118 valence electrons. The van der Waals surface area contributed by atoms with Gasteiger partial charge in [0.2, 0.25) is 5.91 Å². The fourth-order valence-corrected chi connectivity index (χ4v) is 2.62. The number of hydrogen-bond donors (Lipinski definition) is 3. The molecule has 21 heavy (non-hydrogen) atoms. The highest BCUT2D eigenvalue weighted by atomic mass is 32.2. The predicted octanol–water partition coefficient (Wildman–Crippen LogP) is 1.92. The van der Waals surface area contributed by atoms with Crippen LogP contribution in [0.2, 0.25) is 0 Å². The number of aromatic amines is 1. The molecule has 7 heteroatoms. The van der Waals surface area contributed by atoms with Gasteiger partial charge in [0.15, 0.2) is 5.16 Å². The molecule has 1 aromatic heterocycles. The van der Waals surface area contributed by atoms with Gasteiger partial charge in [0.25, 0.3) is 5.56 Å². The van der Waals surface area contributed by atoms with Gasteiger partial charge in [0, 0.05) is 12.1 Å². The van der Waals surface area contributed by atoms with Gasteiger partial charge in [0.05, 0.1) is 5.75 Å². The lowest BCUT2D eigenvalue weighted by molar-refractivity contribution is -0.119. The van der Waals surface area contributed by atoms with E-state index in [1.54, 1.807) is 0 Å². The summed E-state index contributed by atoms with van der Waals surface area (Å²) in [5.74, 6) is 0.310. The van der Waals surface area contributed by atoms with Crippen molar-refractivity contribution in [1.29, 1.82) is 0 Å². The minimum absolute atomic E-state index is 0.0620. The van der Waals surface area contributed by atoms with E-state index in [1.165, 1.54) is 37.1 Å². The van der Waals surface area contributed by atoms with E-state index in [2.05, 4.69) is 22.2 Å². The number of nitrogens with zero attached hydrogens (tertiary/aromatic N) is 1. The van der Waals surface area contributed by atoms with Crippen LogP contribution in [0.5, 0.6) is 0 Å². The molecule has 0 aliphatic rings. The van der Waals surface area contributed by atoms with E-state index in [-0.39, 0.29) is 29.1 Å². The summed E-state index contributed by atoms with van der Waals surface area (Å²) in [4.78, 5) is 29.5. The smallest absolute Gasteiger partial charge is 0.253 e. The number of thioether (sulfide) groups is 1. The SMILES string of the molecule is CCCCCC[C@H](C)NC(=O)CSc1nc(N)cc(=O)[nH]1. The Balaban J connectivity index is 2.28. The summed E-state index contributed by atoms with van der Waals surface area (Å²) in [6.45, 7) is 4.19. The molecule has 0 fully saturated rings. The molecule has 0 saturated carbocycles. The Kier molecular flexibility index (Phi) is 7.89. The fourth-order valence-electron chi connectivity index (χ4n) is 1.92. The minimum Gasteiger partial charge on any atom is -0.383 e. The molecule has 6 nitrogen and oxygen atoms in total. The molecule has 1 atom stereocenters. The number of nitrogen functional groups attached to an aromatic ring is 1. The minimum atomic E-state index is -0.310. The first kappa shape index (κ1) is 17.6. The Bertz CT molecular complexity index is 504. The molecule has 1 amide bonds. The van der Waals surface area contributed by atoms with Crippen LogP contribution in [-0.4, -0.2) is 27.7 Å². The second-order valence-corrected chi connectivity index (χ2v) is 6.05. The molecule has 0 radical (unpaired) electrons. The first-order valence-electron chi connectivity index (χ1n) is 7.30. The quantitative estimate of drug-likeness (QED) is 0.367. The molecule has 1 heterocycles. The number of hydrogen-bond acceptors (Lipinski definition) is 5. The summed E-state index contributed by atoms with van der Waals surface area (Å²) in [5, 5.41) is 3.31. The largest absolute Gasteiger partial charge is 0.383 e. The van der Waals surface area contributed by atoms with Gasteiger partial charge in [-0.25, -0.2) is 4.98 Å². The van der Waals surface area contributed by atoms with Crippen LogP contribution in [-0.2, 0) is 4.79 Å². The Morgan fingerprint density at radius 3 is 2.90 bits per heavy atom. The lowest BCUT2D eigenvalue weighted by atomic mass is 10.1. The monoisotopic (exact) mass is 312 g/mol. The molecule has 0 saturated heterocycles. The number of unbranched alkanes of at least 4 members (excludes halogenated alkanes) is 3. The maximum Gasteiger partial charge on any atom is 0.253 e. The first-order valence-corrected chi connectivity index (χ1v) is 8.28. The number of rotatable bonds is 9. The summed E-state index contributed by atoms with van der Waals surface area (Å²) in [5.41, 5.74) is 5.17. The zero-order valence-corrected chi connectivity index (χ0v) is 13.5. The Hall–Kier alpha value is -1.50. The van der Waals surface area contributed by atoms with Crippen molar-refractivity contribution in [3.8, 4) is 0 Å². The number of anilines is 1. The van der Waals surface area contributed by atoms with Crippen LogP contribution in [0, 0.1) is 0 Å². The van der Waals surface area contributed by atoms with E-state index >= 15 is 0 Å². The third-order valence-corrected chi connectivity index (χ3v) is 3.85. The van der Waals surface area contributed by atoms with Gasteiger partial charge in [-0.2, -0.15) is 0 Å². The van der Waals surface area contributed by atoms with E-state index in [1.807, 2.05) is 6.92 Å². The van der Waals surface area contributed by atoms with Gasteiger partial charge < -0.3 is 16.0 Å². The van der Waals surface area contributed by atoms with Crippen LogP contribution in [0.1, 0.15) is 46.0 Å². The van der Waals surface area contributed by atoms with Crippen molar-refractivity contribution in [2.24, 2.45) is 0 Å². The third-order valence-electron chi connectivity index (χ3n) is 2.98. The molecule has 0 aliphatic carbocycles. The zero-order valence-electron chi connectivity index (χ0n) is 12.6. The molecule has 0 aromatic carbocycles. The molecule has 0 unspecified atom stereocenters. The van der Waals surface area contributed by atoms with Crippen molar-refractivity contribution in [2.45, 2.75) is 57.1 Å². The molecule has 0 spiro atoms. The predicted molar refractivity (Wildman–Crippen MR) is 86.4 cm³/mol. The standard InChI is InChI=1S/C14H24N4O2S/c1-3-4-5-6-7-10(2)16-13(20)9-21-14-17-11(15)8-12(19)18-14/h8,10H,3-7,9H2,1-2H3,(H,16,20)(H3,15,17,18,19)/t10-/m0/s1. The Labute approximate surface area is 129 Å². The number of carbonyl (C=O) groups excluding carboxylic acids is 1.